The van der Waals surface area contributed by atoms with E-state index in [1.807, 2.05) is 11.2 Å². The Morgan fingerprint density at radius 1 is 1.50 bits per heavy atom. The van der Waals surface area contributed by atoms with Crippen LogP contribution in [0.15, 0.2) is 29.2 Å². The zero-order valence-electron chi connectivity index (χ0n) is 10.3. The van der Waals surface area contributed by atoms with E-state index in [1.54, 1.807) is 11.8 Å². The fraction of sp³-hybridized carbons (Fsp3) is 0.462. The Hall–Kier alpha value is -1.04. The van der Waals surface area contributed by atoms with Gasteiger partial charge in [-0.05, 0) is 24.0 Å². The zero-order valence-corrected chi connectivity index (χ0v) is 11.2. The molecule has 1 fully saturated rings. The molecule has 98 valence electrons. The molecule has 1 aromatic carbocycles. The number of morpholine rings is 1. The quantitative estimate of drug-likeness (QED) is 0.841. The summed E-state index contributed by atoms with van der Waals surface area (Å²) in [6.07, 6.45) is 2.04. The monoisotopic (exact) mass is 267 g/mol. The lowest BCUT2D eigenvalue weighted by Crippen LogP contribution is -2.49. The number of carboxylic acid groups (broad SMARTS) is 1. The highest BCUT2D eigenvalue weighted by molar-refractivity contribution is 7.98. The van der Waals surface area contributed by atoms with Gasteiger partial charge in [0, 0.05) is 18.0 Å². The molecule has 0 radical (unpaired) electrons. The van der Waals surface area contributed by atoms with E-state index >= 15 is 0 Å². The average molecular weight is 267 g/mol. The second kappa shape index (κ2) is 6.22. The first-order valence-electron chi connectivity index (χ1n) is 5.88. The Morgan fingerprint density at radius 2 is 2.22 bits per heavy atom. The standard InChI is InChI=1S/C13H17NO3S/c1-18-11-4-2-10(3-5-11)8-14-6-7-17-9-12(14)13(15)16/h2-5,12H,6-9H2,1H3,(H,15,16). The normalized spacial score (nSPS) is 20.8. The number of hydrogen-bond donors (Lipinski definition) is 1. The summed E-state index contributed by atoms with van der Waals surface area (Å²) in [5.74, 6) is -0.810. The summed E-state index contributed by atoms with van der Waals surface area (Å²) in [6, 6.07) is 7.71. The lowest BCUT2D eigenvalue weighted by molar-refractivity contribution is -0.150. The number of rotatable bonds is 4. The Labute approximate surface area is 111 Å². The smallest absolute Gasteiger partial charge is 0.323 e. The molecule has 1 aliphatic heterocycles. The Balaban J connectivity index is 2.03. The molecule has 1 unspecified atom stereocenters. The van der Waals surface area contributed by atoms with Crippen molar-refractivity contribution in [3.05, 3.63) is 29.8 Å². The minimum Gasteiger partial charge on any atom is -0.480 e. The minimum absolute atomic E-state index is 0.276. The molecule has 18 heavy (non-hydrogen) atoms. The summed E-state index contributed by atoms with van der Waals surface area (Å²) in [4.78, 5) is 14.3. The second-order valence-corrected chi connectivity index (χ2v) is 5.13. The van der Waals surface area contributed by atoms with Gasteiger partial charge in [0.05, 0.1) is 13.2 Å². The zero-order chi connectivity index (χ0) is 13.0. The number of ether oxygens (including phenoxy) is 1. The van der Waals surface area contributed by atoms with Gasteiger partial charge in [-0.25, -0.2) is 0 Å². The van der Waals surface area contributed by atoms with Crippen molar-refractivity contribution >= 4 is 17.7 Å². The average Bonchev–Trinajstić information content (AvgIpc) is 2.40. The third-order valence-corrected chi connectivity index (χ3v) is 3.81. The van der Waals surface area contributed by atoms with Crippen molar-refractivity contribution in [2.24, 2.45) is 0 Å². The van der Waals surface area contributed by atoms with Crippen LogP contribution in [0, 0.1) is 0 Å². The predicted molar refractivity (Wildman–Crippen MR) is 70.9 cm³/mol. The van der Waals surface area contributed by atoms with Crippen LogP contribution in [0.2, 0.25) is 0 Å². The molecule has 1 aromatic rings. The first kappa shape index (κ1) is 13.4. The lowest BCUT2D eigenvalue weighted by atomic mass is 10.1. The molecule has 1 aliphatic rings. The van der Waals surface area contributed by atoms with Gasteiger partial charge in [0.25, 0.3) is 0 Å². The summed E-state index contributed by atoms with van der Waals surface area (Å²) in [7, 11) is 0. The molecule has 1 N–H and O–H groups in total. The third-order valence-electron chi connectivity index (χ3n) is 3.07. The van der Waals surface area contributed by atoms with Gasteiger partial charge < -0.3 is 9.84 Å². The van der Waals surface area contributed by atoms with Gasteiger partial charge in [0.1, 0.15) is 6.04 Å². The topological polar surface area (TPSA) is 49.8 Å². The highest BCUT2D eigenvalue weighted by atomic mass is 32.2. The summed E-state index contributed by atoms with van der Waals surface area (Å²) < 4.78 is 5.22. The molecule has 4 nitrogen and oxygen atoms in total. The molecule has 0 spiro atoms. The van der Waals surface area contributed by atoms with Crippen molar-refractivity contribution in [3.8, 4) is 0 Å². The van der Waals surface area contributed by atoms with Crippen LogP contribution in [0.25, 0.3) is 0 Å². The maximum absolute atomic E-state index is 11.1. The Morgan fingerprint density at radius 3 is 2.83 bits per heavy atom. The number of thioether (sulfide) groups is 1. The van der Waals surface area contributed by atoms with Crippen molar-refractivity contribution in [2.45, 2.75) is 17.5 Å². The molecule has 5 heteroatoms. The number of hydrogen-bond acceptors (Lipinski definition) is 4. The van der Waals surface area contributed by atoms with E-state index in [9.17, 15) is 4.79 Å². The SMILES string of the molecule is CSc1ccc(CN2CCOCC2C(=O)O)cc1. The molecule has 2 rings (SSSR count). The van der Waals surface area contributed by atoms with Crippen LogP contribution in [-0.2, 0) is 16.1 Å². The van der Waals surface area contributed by atoms with Crippen LogP contribution >= 0.6 is 11.8 Å². The molecular weight excluding hydrogens is 250 g/mol. The number of nitrogens with zero attached hydrogens (tertiary/aromatic N) is 1. The summed E-state index contributed by atoms with van der Waals surface area (Å²) >= 11 is 1.70. The van der Waals surface area contributed by atoms with E-state index in [-0.39, 0.29) is 6.61 Å². The maximum atomic E-state index is 11.1. The van der Waals surface area contributed by atoms with Crippen molar-refractivity contribution in [2.75, 3.05) is 26.0 Å². The number of aliphatic carboxylic acids is 1. The van der Waals surface area contributed by atoms with Gasteiger partial charge in [0.15, 0.2) is 0 Å². The van der Waals surface area contributed by atoms with Gasteiger partial charge in [-0.2, -0.15) is 0 Å². The minimum atomic E-state index is -0.810. The van der Waals surface area contributed by atoms with Crippen LogP contribution in [0.5, 0.6) is 0 Å². The summed E-state index contributed by atoms with van der Waals surface area (Å²) in [5, 5.41) is 9.14. The van der Waals surface area contributed by atoms with E-state index < -0.39 is 12.0 Å². The largest absolute Gasteiger partial charge is 0.480 e. The fourth-order valence-electron chi connectivity index (χ4n) is 2.02. The van der Waals surface area contributed by atoms with Crippen LogP contribution in [0.1, 0.15) is 5.56 Å². The first-order valence-corrected chi connectivity index (χ1v) is 7.10. The highest BCUT2D eigenvalue weighted by Gasteiger charge is 2.28. The lowest BCUT2D eigenvalue weighted by Gasteiger charge is -2.32. The van der Waals surface area contributed by atoms with Crippen molar-refractivity contribution < 1.29 is 14.6 Å². The van der Waals surface area contributed by atoms with Gasteiger partial charge >= 0.3 is 5.97 Å². The summed E-state index contributed by atoms with van der Waals surface area (Å²) in [5.41, 5.74) is 1.14. The number of carbonyl (C=O) groups is 1. The molecule has 1 saturated heterocycles. The summed E-state index contributed by atoms with van der Waals surface area (Å²) in [6.45, 7) is 2.21. The van der Waals surface area contributed by atoms with Crippen molar-refractivity contribution in [1.29, 1.82) is 0 Å². The molecule has 1 heterocycles. The molecule has 1 atom stereocenters. The Kier molecular flexibility index (Phi) is 4.63. The van der Waals surface area contributed by atoms with E-state index in [0.29, 0.717) is 19.7 Å². The molecule has 0 saturated carbocycles. The third kappa shape index (κ3) is 3.25. The van der Waals surface area contributed by atoms with Gasteiger partial charge in [0.2, 0.25) is 0 Å². The number of benzene rings is 1. The fourth-order valence-corrected chi connectivity index (χ4v) is 2.43. The van der Waals surface area contributed by atoms with E-state index in [1.165, 1.54) is 4.90 Å². The Bertz CT molecular complexity index is 407. The van der Waals surface area contributed by atoms with E-state index in [2.05, 4.69) is 24.3 Å². The van der Waals surface area contributed by atoms with Crippen molar-refractivity contribution in [1.82, 2.24) is 4.90 Å². The molecule has 0 amide bonds. The van der Waals surface area contributed by atoms with Gasteiger partial charge in [-0.15, -0.1) is 11.8 Å². The molecule has 0 bridgehead atoms. The maximum Gasteiger partial charge on any atom is 0.323 e. The van der Waals surface area contributed by atoms with E-state index in [0.717, 1.165) is 5.56 Å². The first-order chi connectivity index (χ1) is 8.70. The highest BCUT2D eigenvalue weighted by Crippen LogP contribution is 2.17. The molecule has 0 aromatic heterocycles. The van der Waals surface area contributed by atoms with Crippen LogP contribution in [-0.4, -0.2) is 48.0 Å². The predicted octanol–water partition coefficient (Wildman–Crippen LogP) is 1.69. The van der Waals surface area contributed by atoms with Crippen LogP contribution < -0.4 is 0 Å². The number of carboxylic acids is 1. The van der Waals surface area contributed by atoms with Gasteiger partial charge in [-0.1, -0.05) is 12.1 Å². The van der Waals surface area contributed by atoms with Gasteiger partial charge in [-0.3, -0.25) is 9.69 Å². The van der Waals surface area contributed by atoms with Crippen LogP contribution in [0.3, 0.4) is 0 Å². The van der Waals surface area contributed by atoms with Crippen LogP contribution in [0.4, 0.5) is 0 Å². The van der Waals surface area contributed by atoms with E-state index in [4.69, 9.17) is 9.84 Å². The molecular formula is C13H17NO3S. The second-order valence-electron chi connectivity index (χ2n) is 4.25. The van der Waals surface area contributed by atoms with Crippen molar-refractivity contribution in [3.63, 3.8) is 0 Å². The molecule has 0 aliphatic carbocycles.